The number of fused-ring (bicyclic) bond motifs is 2. The zero-order valence-electron chi connectivity index (χ0n) is 15.9. The van der Waals surface area contributed by atoms with Gasteiger partial charge in [0.15, 0.2) is 0 Å². The molecule has 2 N–H and O–H groups in total. The van der Waals surface area contributed by atoms with Crippen LogP contribution in [-0.2, 0) is 11.8 Å². The normalized spacial score (nSPS) is 15.9. The number of hydrogen-bond donors (Lipinski definition) is 2. The van der Waals surface area contributed by atoms with Gasteiger partial charge in [0.2, 0.25) is 5.91 Å². The number of amides is 1. The van der Waals surface area contributed by atoms with E-state index in [1.807, 2.05) is 54.6 Å². The van der Waals surface area contributed by atoms with Crippen molar-refractivity contribution in [3.8, 4) is 11.3 Å². The summed E-state index contributed by atoms with van der Waals surface area (Å²) in [6.07, 6.45) is 0. The van der Waals surface area contributed by atoms with Crippen LogP contribution in [0.25, 0.3) is 22.3 Å². The van der Waals surface area contributed by atoms with Gasteiger partial charge < -0.3 is 9.88 Å². The number of hydrogen-bond acceptors (Lipinski definition) is 3. The maximum atomic E-state index is 13.3. The molecule has 0 aliphatic carbocycles. The van der Waals surface area contributed by atoms with Crippen LogP contribution in [0.4, 0.5) is 5.69 Å². The Hall–Kier alpha value is -3.87. The minimum atomic E-state index is -0.640. The van der Waals surface area contributed by atoms with Crippen LogP contribution in [0.2, 0.25) is 0 Å². The Kier molecular flexibility index (Phi) is 3.61. The average molecular weight is 386 g/mol. The number of aromatic nitrogens is 3. The van der Waals surface area contributed by atoms with Gasteiger partial charge in [-0.05, 0) is 17.2 Å². The van der Waals surface area contributed by atoms with Crippen molar-refractivity contribution >= 4 is 22.6 Å². The van der Waals surface area contributed by atoms with Gasteiger partial charge in [-0.15, -0.1) is 0 Å². The number of carbonyl (C=O) groups excluding carboxylic acids is 1. The molecule has 2 aromatic carbocycles. The fourth-order valence-electron chi connectivity index (χ4n) is 4.21. The summed E-state index contributed by atoms with van der Waals surface area (Å²) >= 11 is 0. The predicted octanol–water partition coefficient (Wildman–Crippen LogP) is 2.33. The molecule has 1 aliphatic heterocycles. The predicted molar refractivity (Wildman–Crippen MR) is 111 cm³/mol. The molecule has 4 aromatic rings. The van der Waals surface area contributed by atoms with Crippen molar-refractivity contribution in [3.63, 3.8) is 0 Å². The minimum Gasteiger partial charge on any atom is -0.340 e. The van der Waals surface area contributed by atoms with Crippen LogP contribution < -0.4 is 16.1 Å². The number of nitrogens with one attached hydrogen (secondary N) is 2. The number of anilines is 1. The highest BCUT2D eigenvalue weighted by Crippen LogP contribution is 2.45. The Balaban J connectivity index is 1.93. The number of carbonyl (C=O) groups is 1. The molecule has 7 heteroatoms. The van der Waals surface area contributed by atoms with Crippen molar-refractivity contribution in [1.29, 1.82) is 0 Å². The lowest BCUT2D eigenvalue weighted by Gasteiger charge is -2.13. The van der Waals surface area contributed by atoms with E-state index in [1.54, 1.807) is 19.0 Å². The lowest BCUT2D eigenvalue weighted by molar-refractivity contribution is -0.118. The quantitative estimate of drug-likeness (QED) is 0.554. The van der Waals surface area contributed by atoms with E-state index in [2.05, 4.69) is 9.97 Å². The largest absolute Gasteiger partial charge is 0.340 e. The first kappa shape index (κ1) is 17.2. The van der Waals surface area contributed by atoms with Gasteiger partial charge in [0, 0.05) is 25.3 Å². The van der Waals surface area contributed by atoms with E-state index < -0.39 is 17.2 Å². The highest BCUT2D eigenvalue weighted by atomic mass is 16.2. The highest BCUT2D eigenvalue weighted by Gasteiger charge is 2.40. The Labute approximate surface area is 165 Å². The van der Waals surface area contributed by atoms with Crippen molar-refractivity contribution in [2.45, 2.75) is 5.92 Å². The zero-order valence-corrected chi connectivity index (χ0v) is 15.9. The first-order valence-corrected chi connectivity index (χ1v) is 9.26. The van der Waals surface area contributed by atoms with Gasteiger partial charge in [0.25, 0.3) is 5.56 Å². The van der Waals surface area contributed by atoms with E-state index in [0.29, 0.717) is 22.3 Å². The second kappa shape index (κ2) is 6.07. The summed E-state index contributed by atoms with van der Waals surface area (Å²) < 4.78 is 1.36. The Morgan fingerprint density at radius 2 is 1.55 bits per heavy atom. The molecule has 0 radical (unpaired) electrons. The third-order valence-corrected chi connectivity index (χ3v) is 5.64. The van der Waals surface area contributed by atoms with Gasteiger partial charge in [-0.2, -0.15) is 0 Å². The van der Waals surface area contributed by atoms with E-state index in [4.69, 9.17) is 0 Å². The van der Waals surface area contributed by atoms with Crippen molar-refractivity contribution in [1.82, 2.24) is 14.5 Å². The summed E-state index contributed by atoms with van der Waals surface area (Å²) in [6.45, 7) is 0. The van der Waals surface area contributed by atoms with E-state index >= 15 is 0 Å². The maximum Gasteiger partial charge on any atom is 0.329 e. The van der Waals surface area contributed by atoms with Crippen LogP contribution in [0, 0.1) is 0 Å². The van der Waals surface area contributed by atoms with Crippen molar-refractivity contribution in [2.24, 2.45) is 7.05 Å². The Bertz CT molecular complexity index is 1400. The molecular weight excluding hydrogens is 368 g/mol. The van der Waals surface area contributed by atoms with Gasteiger partial charge in [-0.25, -0.2) is 4.79 Å². The van der Waals surface area contributed by atoms with Crippen LogP contribution in [0.3, 0.4) is 0 Å². The first-order chi connectivity index (χ1) is 14.0. The monoisotopic (exact) mass is 386 g/mol. The van der Waals surface area contributed by atoms with Crippen LogP contribution in [0.1, 0.15) is 17.0 Å². The number of aromatic amines is 2. The molecule has 0 bridgehead atoms. The molecule has 1 amide bonds. The van der Waals surface area contributed by atoms with E-state index in [1.165, 1.54) is 4.57 Å². The molecule has 0 saturated carbocycles. The SMILES string of the molecule is CN1C(=O)[C@@H](c2c(-c3ccccc3)[nH]c3c2c(=O)[nH]c(=O)n3C)c2ccccc21. The number of benzene rings is 2. The molecular formula is C22H18N4O3. The number of likely N-dealkylation sites (N-methyl/N-ethyl adjacent to an activating group) is 1. The summed E-state index contributed by atoms with van der Waals surface area (Å²) in [7, 11) is 3.32. The van der Waals surface area contributed by atoms with Crippen molar-refractivity contribution in [3.05, 3.63) is 86.6 Å². The fourth-order valence-corrected chi connectivity index (χ4v) is 4.21. The van der Waals surface area contributed by atoms with Crippen LogP contribution in [0.5, 0.6) is 0 Å². The number of H-pyrrole nitrogens is 2. The molecule has 1 aliphatic rings. The third kappa shape index (κ3) is 2.34. The summed E-state index contributed by atoms with van der Waals surface area (Å²) in [5, 5.41) is 0.328. The second-order valence-corrected chi connectivity index (χ2v) is 7.21. The standard InChI is InChI=1S/C22H18N4O3/c1-25-14-11-7-6-10-13(14)15(21(25)28)16-17-19(26(2)22(29)24-20(17)27)23-18(16)12-8-4-3-5-9-12/h3-11,15,23H,1-2H3,(H,24,27,29)/t15-/m1/s1. The third-order valence-electron chi connectivity index (χ3n) is 5.64. The molecule has 3 heterocycles. The number of rotatable bonds is 2. The molecule has 1 atom stereocenters. The van der Waals surface area contributed by atoms with E-state index in [0.717, 1.165) is 16.8 Å². The zero-order chi connectivity index (χ0) is 20.3. The number of para-hydroxylation sites is 1. The smallest absolute Gasteiger partial charge is 0.329 e. The lowest BCUT2D eigenvalue weighted by Crippen LogP contribution is -2.29. The molecule has 29 heavy (non-hydrogen) atoms. The summed E-state index contributed by atoms with van der Waals surface area (Å²) in [5.41, 5.74) is 3.13. The molecule has 7 nitrogen and oxygen atoms in total. The van der Waals surface area contributed by atoms with Crippen LogP contribution in [0.15, 0.2) is 64.2 Å². The van der Waals surface area contributed by atoms with Gasteiger partial charge in [-0.1, -0.05) is 48.5 Å². The number of aryl methyl sites for hydroxylation is 1. The lowest BCUT2D eigenvalue weighted by atomic mass is 9.89. The van der Waals surface area contributed by atoms with Gasteiger partial charge >= 0.3 is 5.69 Å². The molecule has 0 saturated heterocycles. The van der Waals surface area contributed by atoms with E-state index in [-0.39, 0.29) is 5.91 Å². The summed E-state index contributed by atoms with van der Waals surface area (Å²) in [6, 6.07) is 17.1. The van der Waals surface area contributed by atoms with Gasteiger partial charge in [0.1, 0.15) is 5.65 Å². The maximum absolute atomic E-state index is 13.3. The molecule has 144 valence electrons. The van der Waals surface area contributed by atoms with Crippen LogP contribution in [-0.4, -0.2) is 27.5 Å². The summed E-state index contributed by atoms with van der Waals surface area (Å²) in [5.74, 6) is -0.753. The molecule has 0 spiro atoms. The second-order valence-electron chi connectivity index (χ2n) is 7.21. The molecule has 5 rings (SSSR count). The van der Waals surface area contributed by atoms with Gasteiger partial charge in [0.05, 0.1) is 17.0 Å². The molecule has 2 aromatic heterocycles. The fraction of sp³-hybridized carbons (Fsp3) is 0.136. The van der Waals surface area contributed by atoms with Crippen molar-refractivity contribution < 1.29 is 4.79 Å². The summed E-state index contributed by atoms with van der Waals surface area (Å²) in [4.78, 5) is 45.5. The Morgan fingerprint density at radius 3 is 2.31 bits per heavy atom. The highest BCUT2D eigenvalue weighted by molar-refractivity contribution is 6.10. The van der Waals surface area contributed by atoms with Crippen molar-refractivity contribution in [2.75, 3.05) is 11.9 Å². The number of nitrogens with zero attached hydrogens (tertiary/aromatic N) is 2. The van der Waals surface area contributed by atoms with E-state index in [9.17, 15) is 14.4 Å². The minimum absolute atomic E-state index is 0.113. The van der Waals surface area contributed by atoms with Gasteiger partial charge in [-0.3, -0.25) is 19.1 Å². The average Bonchev–Trinajstić information content (AvgIpc) is 3.24. The van der Waals surface area contributed by atoms with Crippen LogP contribution >= 0.6 is 0 Å². The topological polar surface area (TPSA) is 91.0 Å². The molecule has 0 unspecified atom stereocenters. The Morgan fingerprint density at radius 1 is 0.862 bits per heavy atom. The molecule has 0 fully saturated rings. The first-order valence-electron chi connectivity index (χ1n) is 9.26.